The summed E-state index contributed by atoms with van der Waals surface area (Å²) in [6, 6.07) is 7.98. The van der Waals surface area contributed by atoms with Gasteiger partial charge in [0, 0.05) is 12.2 Å². The minimum absolute atomic E-state index is 0.000132. The van der Waals surface area contributed by atoms with Crippen LogP contribution >= 0.6 is 0 Å². The van der Waals surface area contributed by atoms with E-state index in [2.05, 4.69) is 46.0 Å². The molecule has 1 aromatic rings. The molecule has 0 heterocycles. The Balaban J connectivity index is 2.90. The first kappa shape index (κ1) is 16.7. The van der Waals surface area contributed by atoms with Crippen LogP contribution in [0.4, 0.5) is 5.69 Å². The largest absolute Gasteiger partial charge is 0.330 e. The number of amides is 1. The van der Waals surface area contributed by atoms with E-state index in [1.807, 2.05) is 18.2 Å². The molecule has 3 N–H and O–H groups in total. The van der Waals surface area contributed by atoms with Crippen LogP contribution < -0.4 is 11.1 Å². The maximum atomic E-state index is 12.4. The number of hydrogen-bond donors (Lipinski definition) is 2. The van der Waals surface area contributed by atoms with Crippen LogP contribution in [0.5, 0.6) is 0 Å². The van der Waals surface area contributed by atoms with Crippen molar-refractivity contribution in [3.8, 4) is 0 Å². The number of para-hydroxylation sites is 1. The van der Waals surface area contributed by atoms with Gasteiger partial charge in [0.05, 0.1) is 5.92 Å². The molecule has 0 saturated carbocycles. The van der Waals surface area contributed by atoms with Crippen LogP contribution in [0.1, 0.15) is 46.6 Å². The second-order valence-corrected chi connectivity index (χ2v) is 6.85. The molecule has 0 aliphatic heterocycles. The molecule has 0 fully saturated rings. The molecule has 0 aromatic heterocycles. The first-order valence-electron chi connectivity index (χ1n) is 7.36. The molecule has 0 spiro atoms. The van der Waals surface area contributed by atoms with Gasteiger partial charge < -0.3 is 11.1 Å². The van der Waals surface area contributed by atoms with E-state index >= 15 is 0 Å². The van der Waals surface area contributed by atoms with Gasteiger partial charge in [-0.1, -0.05) is 52.8 Å². The van der Waals surface area contributed by atoms with Crippen LogP contribution in [0.15, 0.2) is 24.3 Å². The van der Waals surface area contributed by atoms with Crippen molar-refractivity contribution in [2.24, 2.45) is 17.6 Å². The van der Waals surface area contributed by atoms with Crippen LogP contribution in [0.25, 0.3) is 0 Å². The number of carbonyl (C=O) groups is 1. The lowest BCUT2D eigenvalue weighted by Crippen LogP contribution is -2.31. The fourth-order valence-electron chi connectivity index (χ4n) is 2.36. The van der Waals surface area contributed by atoms with Crippen molar-refractivity contribution in [3.63, 3.8) is 0 Å². The van der Waals surface area contributed by atoms with Gasteiger partial charge in [-0.05, 0) is 29.4 Å². The Morgan fingerprint density at radius 1 is 1.25 bits per heavy atom. The van der Waals surface area contributed by atoms with Crippen molar-refractivity contribution in [2.75, 3.05) is 11.9 Å². The lowest BCUT2D eigenvalue weighted by molar-refractivity contribution is -0.120. The second-order valence-electron chi connectivity index (χ2n) is 6.85. The first-order valence-corrected chi connectivity index (χ1v) is 7.36. The van der Waals surface area contributed by atoms with Crippen LogP contribution in [0, 0.1) is 11.8 Å². The van der Waals surface area contributed by atoms with E-state index in [1.165, 1.54) is 0 Å². The molecule has 1 rings (SSSR count). The summed E-state index contributed by atoms with van der Waals surface area (Å²) in [6.07, 6.45) is 0.819. The van der Waals surface area contributed by atoms with Gasteiger partial charge in [-0.15, -0.1) is 0 Å². The van der Waals surface area contributed by atoms with Crippen molar-refractivity contribution in [2.45, 2.75) is 46.5 Å². The number of nitrogens with one attached hydrogen (secondary N) is 1. The number of nitrogens with two attached hydrogens (primary N) is 1. The number of benzene rings is 1. The average molecular weight is 276 g/mol. The molecular weight excluding hydrogens is 248 g/mol. The lowest BCUT2D eigenvalue weighted by Gasteiger charge is -2.24. The lowest BCUT2D eigenvalue weighted by atomic mass is 9.85. The van der Waals surface area contributed by atoms with Gasteiger partial charge >= 0.3 is 0 Å². The third kappa shape index (κ3) is 4.64. The number of hydrogen-bond acceptors (Lipinski definition) is 2. The van der Waals surface area contributed by atoms with Crippen LogP contribution in [0.2, 0.25) is 0 Å². The van der Waals surface area contributed by atoms with Crippen LogP contribution in [-0.2, 0) is 10.2 Å². The third-order valence-electron chi connectivity index (χ3n) is 3.40. The van der Waals surface area contributed by atoms with Crippen molar-refractivity contribution >= 4 is 11.6 Å². The van der Waals surface area contributed by atoms with E-state index in [4.69, 9.17) is 5.73 Å². The van der Waals surface area contributed by atoms with E-state index in [0.717, 1.165) is 17.7 Å². The molecule has 3 heteroatoms. The molecule has 3 nitrogen and oxygen atoms in total. The van der Waals surface area contributed by atoms with E-state index < -0.39 is 0 Å². The van der Waals surface area contributed by atoms with E-state index in [1.54, 1.807) is 0 Å². The monoisotopic (exact) mass is 276 g/mol. The summed E-state index contributed by atoms with van der Waals surface area (Å²) < 4.78 is 0. The minimum atomic E-state index is -0.122. The summed E-state index contributed by atoms with van der Waals surface area (Å²) in [5.41, 5.74) is 7.78. The van der Waals surface area contributed by atoms with Crippen molar-refractivity contribution in [3.05, 3.63) is 29.8 Å². The maximum Gasteiger partial charge on any atom is 0.228 e. The highest BCUT2D eigenvalue weighted by Gasteiger charge is 2.22. The molecule has 1 atom stereocenters. The van der Waals surface area contributed by atoms with Gasteiger partial charge in [-0.2, -0.15) is 0 Å². The Labute approximate surface area is 122 Å². The average Bonchev–Trinajstić information content (AvgIpc) is 2.34. The van der Waals surface area contributed by atoms with Gasteiger partial charge in [0.25, 0.3) is 0 Å². The van der Waals surface area contributed by atoms with Gasteiger partial charge in [-0.25, -0.2) is 0 Å². The standard InChI is InChI=1S/C17H28N2O/c1-12(2)10-13(11-18)16(20)19-15-9-7-6-8-14(15)17(3,4)5/h6-9,12-13H,10-11,18H2,1-5H3,(H,19,20). The predicted octanol–water partition coefficient (Wildman–Crippen LogP) is 3.54. The van der Waals surface area contributed by atoms with Gasteiger partial charge in [0.1, 0.15) is 0 Å². The third-order valence-corrected chi connectivity index (χ3v) is 3.40. The molecule has 0 bridgehead atoms. The Morgan fingerprint density at radius 3 is 2.35 bits per heavy atom. The first-order chi connectivity index (χ1) is 9.25. The normalized spacial score (nSPS) is 13.3. The van der Waals surface area contributed by atoms with Gasteiger partial charge in [-0.3, -0.25) is 4.79 Å². The summed E-state index contributed by atoms with van der Waals surface area (Å²) in [5, 5.41) is 3.05. The highest BCUT2D eigenvalue weighted by Crippen LogP contribution is 2.29. The topological polar surface area (TPSA) is 55.1 Å². The Kier molecular flexibility index (Phi) is 5.75. The smallest absolute Gasteiger partial charge is 0.228 e. The van der Waals surface area contributed by atoms with E-state index in [0.29, 0.717) is 12.5 Å². The maximum absolute atomic E-state index is 12.4. The summed E-state index contributed by atoms with van der Waals surface area (Å²) in [4.78, 5) is 12.4. The van der Waals surface area contributed by atoms with Crippen molar-refractivity contribution in [1.29, 1.82) is 0 Å². The molecule has 1 amide bonds. The minimum Gasteiger partial charge on any atom is -0.330 e. The van der Waals surface area contributed by atoms with Crippen LogP contribution in [-0.4, -0.2) is 12.5 Å². The molecule has 20 heavy (non-hydrogen) atoms. The molecule has 0 radical (unpaired) electrons. The Morgan fingerprint density at radius 2 is 1.85 bits per heavy atom. The van der Waals surface area contributed by atoms with Crippen molar-refractivity contribution < 1.29 is 4.79 Å². The Hall–Kier alpha value is -1.35. The summed E-state index contributed by atoms with van der Waals surface area (Å²) in [6.45, 7) is 11.0. The quantitative estimate of drug-likeness (QED) is 0.864. The molecular formula is C17H28N2O. The Bertz CT molecular complexity index is 447. The zero-order valence-electron chi connectivity index (χ0n) is 13.4. The summed E-state index contributed by atoms with van der Waals surface area (Å²) in [5.74, 6) is 0.369. The molecule has 0 saturated heterocycles. The van der Waals surface area contributed by atoms with E-state index in [-0.39, 0.29) is 17.2 Å². The fourth-order valence-corrected chi connectivity index (χ4v) is 2.36. The van der Waals surface area contributed by atoms with Crippen LogP contribution in [0.3, 0.4) is 0 Å². The zero-order valence-corrected chi connectivity index (χ0v) is 13.4. The molecule has 112 valence electrons. The molecule has 1 aromatic carbocycles. The van der Waals surface area contributed by atoms with Gasteiger partial charge in [0.15, 0.2) is 0 Å². The van der Waals surface area contributed by atoms with E-state index in [9.17, 15) is 4.79 Å². The summed E-state index contributed by atoms with van der Waals surface area (Å²) >= 11 is 0. The zero-order chi connectivity index (χ0) is 15.3. The molecule has 0 aliphatic rings. The SMILES string of the molecule is CC(C)CC(CN)C(=O)Nc1ccccc1C(C)(C)C. The highest BCUT2D eigenvalue weighted by atomic mass is 16.1. The highest BCUT2D eigenvalue weighted by molar-refractivity contribution is 5.93. The second kappa shape index (κ2) is 6.89. The molecule has 1 unspecified atom stereocenters. The number of rotatable bonds is 5. The predicted molar refractivity (Wildman–Crippen MR) is 85.8 cm³/mol. The molecule has 0 aliphatic carbocycles. The number of carbonyl (C=O) groups excluding carboxylic acids is 1. The fraction of sp³-hybridized carbons (Fsp3) is 0.588. The number of anilines is 1. The summed E-state index contributed by atoms with van der Waals surface area (Å²) in [7, 11) is 0. The van der Waals surface area contributed by atoms with Crippen molar-refractivity contribution in [1.82, 2.24) is 0 Å². The van der Waals surface area contributed by atoms with Gasteiger partial charge in [0.2, 0.25) is 5.91 Å².